The Hall–Kier alpha value is -2.37. The van der Waals surface area contributed by atoms with E-state index >= 15 is 0 Å². The molecule has 0 aliphatic carbocycles. The Morgan fingerprint density at radius 3 is 2.43 bits per heavy atom. The number of halogens is 4. The van der Waals surface area contributed by atoms with Gasteiger partial charge in [-0.15, -0.1) is 0 Å². The highest BCUT2D eigenvalue weighted by molar-refractivity contribution is 5.94. The third kappa shape index (κ3) is 4.05. The lowest BCUT2D eigenvalue weighted by Crippen LogP contribution is -2.23. The maximum atomic E-state index is 13.0. The van der Waals surface area contributed by atoms with E-state index < -0.39 is 23.5 Å². The van der Waals surface area contributed by atoms with E-state index in [1.165, 1.54) is 30.3 Å². The lowest BCUT2D eigenvalue weighted by atomic mass is 10.1. The van der Waals surface area contributed by atoms with Gasteiger partial charge >= 0.3 is 6.18 Å². The second kappa shape index (κ2) is 5.95. The summed E-state index contributed by atoms with van der Waals surface area (Å²) in [6.07, 6.45) is -4.50. The van der Waals surface area contributed by atoms with Gasteiger partial charge in [0, 0.05) is 12.1 Å². The molecule has 0 fully saturated rings. The number of rotatable bonds is 3. The van der Waals surface area contributed by atoms with Crippen LogP contribution in [0.3, 0.4) is 0 Å². The molecule has 6 heteroatoms. The lowest BCUT2D eigenvalue weighted by molar-refractivity contribution is -0.137. The van der Waals surface area contributed by atoms with E-state index in [2.05, 4.69) is 5.32 Å². The van der Waals surface area contributed by atoms with Gasteiger partial charge in [0.05, 0.1) is 5.56 Å². The van der Waals surface area contributed by atoms with E-state index in [9.17, 15) is 22.4 Å². The summed E-state index contributed by atoms with van der Waals surface area (Å²) in [7, 11) is 0. The Labute approximate surface area is 118 Å². The van der Waals surface area contributed by atoms with Crippen molar-refractivity contribution < 1.29 is 22.4 Å². The SMILES string of the molecule is O=C(NCc1cccc(F)c1)c1cccc(C(F)(F)F)c1. The molecule has 0 saturated heterocycles. The maximum Gasteiger partial charge on any atom is 0.416 e. The van der Waals surface area contributed by atoms with Crippen molar-refractivity contribution in [2.45, 2.75) is 12.7 Å². The van der Waals surface area contributed by atoms with Crippen LogP contribution in [0.5, 0.6) is 0 Å². The quantitative estimate of drug-likeness (QED) is 0.858. The van der Waals surface area contributed by atoms with Gasteiger partial charge in [-0.05, 0) is 35.9 Å². The molecular formula is C15H11F4NO. The first-order valence-corrected chi connectivity index (χ1v) is 6.06. The second-order valence-electron chi connectivity index (χ2n) is 4.39. The van der Waals surface area contributed by atoms with Crippen molar-refractivity contribution in [2.75, 3.05) is 0 Å². The molecule has 2 aromatic carbocycles. The van der Waals surface area contributed by atoms with Gasteiger partial charge in [-0.25, -0.2) is 4.39 Å². The molecule has 2 aromatic rings. The summed E-state index contributed by atoms with van der Waals surface area (Å²) in [5.41, 5.74) is -0.461. The van der Waals surface area contributed by atoms with Crippen LogP contribution >= 0.6 is 0 Å². The smallest absolute Gasteiger partial charge is 0.348 e. The number of amides is 1. The minimum absolute atomic E-state index is 0.0346. The van der Waals surface area contributed by atoms with Crippen LogP contribution < -0.4 is 5.32 Å². The summed E-state index contributed by atoms with van der Waals surface area (Å²) in [6, 6.07) is 9.72. The molecule has 1 N–H and O–H groups in total. The van der Waals surface area contributed by atoms with Crippen LogP contribution in [0, 0.1) is 5.82 Å². The number of carbonyl (C=O) groups is 1. The number of nitrogens with one attached hydrogen (secondary N) is 1. The maximum absolute atomic E-state index is 13.0. The molecule has 0 spiro atoms. The Morgan fingerprint density at radius 1 is 1.05 bits per heavy atom. The Bertz CT molecular complexity index is 652. The van der Waals surface area contributed by atoms with Crippen molar-refractivity contribution >= 4 is 5.91 Å². The van der Waals surface area contributed by atoms with Crippen molar-refractivity contribution in [3.63, 3.8) is 0 Å². The predicted molar refractivity (Wildman–Crippen MR) is 69.0 cm³/mol. The Morgan fingerprint density at radius 2 is 1.76 bits per heavy atom. The first-order chi connectivity index (χ1) is 9.86. The van der Waals surface area contributed by atoms with Crippen LogP contribution in [-0.4, -0.2) is 5.91 Å². The summed E-state index contributed by atoms with van der Waals surface area (Å²) in [6.45, 7) is 0.0346. The molecule has 0 bridgehead atoms. The highest BCUT2D eigenvalue weighted by atomic mass is 19.4. The van der Waals surface area contributed by atoms with Crippen molar-refractivity contribution in [1.29, 1.82) is 0 Å². The van der Waals surface area contributed by atoms with Crippen molar-refractivity contribution in [2.24, 2.45) is 0 Å². The van der Waals surface area contributed by atoms with Gasteiger partial charge in [-0.1, -0.05) is 18.2 Å². The highest BCUT2D eigenvalue weighted by Gasteiger charge is 2.30. The highest BCUT2D eigenvalue weighted by Crippen LogP contribution is 2.29. The predicted octanol–water partition coefficient (Wildman–Crippen LogP) is 3.77. The standard InChI is InChI=1S/C15H11F4NO/c16-13-6-1-3-10(7-13)9-20-14(21)11-4-2-5-12(8-11)15(17,18)19/h1-8H,9H2,(H,20,21). The number of alkyl halides is 3. The first-order valence-electron chi connectivity index (χ1n) is 6.06. The minimum Gasteiger partial charge on any atom is -0.348 e. The third-order valence-electron chi connectivity index (χ3n) is 2.79. The molecule has 2 rings (SSSR count). The molecule has 0 atom stereocenters. The van der Waals surface area contributed by atoms with Gasteiger partial charge in [0.1, 0.15) is 5.82 Å². The average molecular weight is 297 g/mol. The van der Waals surface area contributed by atoms with Crippen LogP contribution in [0.25, 0.3) is 0 Å². The topological polar surface area (TPSA) is 29.1 Å². The van der Waals surface area contributed by atoms with E-state index in [1.807, 2.05) is 0 Å². The van der Waals surface area contributed by atoms with Crippen LogP contribution in [-0.2, 0) is 12.7 Å². The Kier molecular flexibility index (Phi) is 4.26. The zero-order valence-corrected chi connectivity index (χ0v) is 10.7. The molecule has 0 saturated carbocycles. The van der Waals surface area contributed by atoms with Crippen LogP contribution in [0.4, 0.5) is 17.6 Å². The summed E-state index contributed by atoms with van der Waals surface area (Å²) in [4.78, 5) is 11.8. The monoisotopic (exact) mass is 297 g/mol. The van der Waals surface area contributed by atoms with Crippen LogP contribution in [0.2, 0.25) is 0 Å². The number of hydrogen-bond acceptors (Lipinski definition) is 1. The van der Waals surface area contributed by atoms with Gasteiger partial charge in [-0.2, -0.15) is 13.2 Å². The minimum atomic E-state index is -4.50. The largest absolute Gasteiger partial charge is 0.416 e. The molecule has 0 heterocycles. The van der Waals surface area contributed by atoms with E-state index in [-0.39, 0.29) is 12.1 Å². The molecule has 2 nitrogen and oxygen atoms in total. The normalized spacial score (nSPS) is 11.2. The zero-order valence-electron chi connectivity index (χ0n) is 10.7. The molecule has 0 aliphatic heterocycles. The molecule has 110 valence electrons. The van der Waals surface area contributed by atoms with Gasteiger partial charge in [-0.3, -0.25) is 4.79 Å². The van der Waals surface area contributed by atoms with Gasteiger partial charge < -0.3 is 5.32 Å². The number of benzene rings is 2. The lowest BCUT2D eigenvalue weighted by Gasteiger charge is -2.09. The summed E-state index contributed by atoms with van der Waals surface area (Å²) < 4.78 is 50.6. The van der Waals surface area contributed by atoms with Gasteiger partial charge in [0.2, 0.25) is 0 Å². The van der Waals surface area contributed by atoms with Crippen LogP contribution in [0.1, 0.15) is 21.5 Å². The summed E-state index contributed by atoms with van der Waals surface area (Å²) >= 11 is 0. The van der Waals surface area contributed by atoms with Gasteiger partial charge in [0.15, 0.2) is 0 Å². The van der Waals surface area contributed by atoms with Gasteiger partial charge in [0.25, 0.3) is 5.91 Å². The summed E-state index contributed by atoms with van der Waals surface area (Å²) in [5, 5.41) is 2.45. The number of carbonyl (C=O) groups excluding carboxylic acids is 1. The summed E-state index contributed by atoms with van der Waals surface area (Å²) in [5.74, 6) is -1.09. The van der Waals surface area contributed by atoms with E-state index in [0.717, 1.165) is 12.1 Å². The van der Waals surface area contributed by atoms with E-state index in [0.29, 0.717) is 5.56 Å². The number of hydrogen-bond donors (Lipinski definition) is 1. The fourth-order valence-corrected chi connectivity index (χ4v) is 1.77. The molecule has 0 radical (unpaired) electrons. The molecule has 0 aromatic heterocycles. The fraction of sp³-hybridized carbons (Fsp3) is 0.133. The van der Waals surface area contributed by atoms with Crippen molar-refractivity contribution in [3.05, 3.63) is 71.0 Å². The average Bonchev–Trinajstić information content (AvgIpc) is 2.44. The van der Waals surface area contributed by atoms with Crippen molar-refractivity contribution in [3.8, 4) is 0 Å². The molecule has 0 aliphatic rings. The molecule has 21 heavy (non-hydrogen) atoms. The molecule has 0 unspecified atom stereocenters. The van der Waals surface area contributed by atoms with Crippen LogP contribution in [0.15, 0.2) is 48.5 Å². The third-order valence-corrected chi connectivity index (χ3v) is 2.79. The molecular weight excluding hydrogens is 286 g/mol. The second-order valence-corrected chi connectivity index (χ2v) is 4.39. The first kappa shape index (κ1) is 15.0. The molecule has 1 amide bonds. The van der Waals surface area contributed by atoms with Crippen molar-refractivity contribution in [1.82, 2.24) is 5.32 Å². The van der Waals surface area contributed by atoms with E-state index in [4.69, 9.17) is 0 Å². The zero-order chi connectivity index (χ0) is 15.5. The van der Waals surface area contributed by atoms with E-state index in [1.54, 1.807) is 6.07 Å². The Balaban J connectivity index is 2.07. The fourth-order valence-electron chi connectivity index (χ4n) is 1.77.